The Morgan fingerprint density at radius 1 is 0.793 bits per heavy atom. The average Bonchev–Trinajstić information content (AvgIpc) is 3.07. The number of nitrogens with zero attached hydrogens (tertiary/aromatic N) is 2. The van der Waals surface area contributed by atoms with Gasteiger partial charge in [-0.2, -0.15) is 0 Å². The smallest absolute Gasteiger partial charge is 0.126 e. The summed E-state index contributed by atoms with van der Waals surface area (Å²) in [6, 6.07) is 27.3. The van der Waals surface area contributed by atoms with Gasteiger partial charge in [-0.1, -0.05) is 84.5 Å². The molecule has 3 aromatic carbocycles. The summed E-state index contributed by atoms with van der Waals surface area (Å²) in [5.74, 6) is 0. The van der Waals surface area contributed by atoms with Crippen LogP contribution in [0.3, 0.4) is 0 Å². The van der Waals surface area contributed by atoms with Gasteiger partial charge in [0.05, 0.1) is 5.69 Å². The highest BCUT2D eigenvalue weighted by Crippen LogP contribution is 2.32. The summed E-state index contributed by atoms with van der Waals surface area (Å²) < 4.78 is 2.38. The molecule has 29 heavy (non-hydrogen) atoms. The molecule has 1 aliphatic rings. The molecule has 4 aromatic rings. The Balaban J connectivity index is 1.57. The number of halogens is 1. The lowest BCUT2D eigenvalue weighted by molar-refractivity contribution is 0.412. The van der Waals surface area contributed by atoms with Crippen molar-refractivity contribution < 1.29 is 0 Å². The number of aromatic nitrogens is 1. The van der Waals surface area contributed by atoms with E-state index in [0.717, 1.165) is 36.1 Å². The fraction of sp³-hybridized carbons (Fsp3) is 0.160. The van der Waals surface area contributed by atoms with E-state index in [2.05, 4.69) is 76.2 Å². The van der Waals surface area contributed by atoms with Crippen molar-refractivity contribution in [2.75, 3.05) is 6.54 Å². The normalized spacial score (nSPS) is 13.7. The molecule has 1 aromatic heterocycles. The second-order valence-electron chi connectivity index (χ2n) is 7.52. The van der Waals surface area contributed by atoms with Gasteiger partial charge < -0.3 is 9.47 Å². The number of hydrogen-bond acceptors (Lipinski definition) is 1. The SMILES string of the molecule is S=C1c2c(c3ccccc3n2Cc2ccc(Cl)cc2)CCN1Cc1ccccc1. The molecule has 5 rings (SSSR count). The van der Waals surface area contributed by atoms with Gasteiger partial charge >= 0.3 is 0 Å². The Hall–Kier alpha value is -2.62. The largest absolute Gasteiger partial charge is 0.356 e. The third-order valence-electron chi connectivity index (χ3n) is 5.67. The van der Waals surface area contributed by atoms with Crippen molar-refractivity contribution in [1.82, 2.24) is 9.47 Å². The maximum absolute atomic E-state index is 6.09. The summed E-state index contributed by atoms with van der Waals surface area (Å²) in [5, 5.41) is 2.08. The molecule has 0 amide bonds. The molecule has 0 atom stereocenters. The van der Waals surface area contributed by atoms with Crippen molar-refractivity contribution in [2.45, 2.75) is 19.5 Å². The minimum atomic E-state index is 0.762. The number of fused-ring (bicyclic) bond motifs is 3. The van der Waals surface area contributed by atoms with Crippen LogP contribution in [-0.4, -0.2) is 21.0 Å². The van der Waals surface area contributed by atoms with E-state index < -0.39 is 0 Å². The Labute approximate surface area is 181 Å². The van der Waals surface area contributed by atoms with Crippen LogP contribution in [0.15, 0.2) is 78.9 Å². The van der Waals surface area contributed by atoms with Crippen molar-refractivity contribution in [1.29, 1.82) is 0 Å². The molecule has 0 unspecified atom stereocenters. The van der Waals surface area contributed by atoms with Gasteiger partial charge in [-0.3, -0.25) is 0 Å². The van der Waals surface area contributed by atoms with Crippen molar-refractivity contribution >= 4 is 39.7 Å². The molecule has 0 saturated heterocycles. The van der Waals surface area contributed by atoms with Gasteiger partial charge in [0.15, 0.2) is 0 Å². The van der Waals surface area contributed by atoms with Gasteiger partial charge in [0.2, 0.25) is 0 Å². The molecule has 1 aliphatic heterocycles. The Kier molecular flexibility index (Phi) is 4.86. The lowest BCUT2D eigenvalue weighted by Gasteiger charge is -2.31. The Bertz CT molecular complexity index is 1180. The Morgan fingerprint density at radius 2 is 1.48 bits per heavy atom. The number of para-hydroxylation sites is 1. The minimum absolute atomic E-state index is 0.762. The number of benzene rings is 3. The van der Waals surface area contributed by atoms with Crippen molar-refractivity contribution in [3.05, 3.63) is 106 Å². The van der Waals surface area contributed by atoms with Crippen LogP contribution >= 0.6 is 23.8 Å². The molecule has 0 N–H and O–H groups in total. The van der Waals surface area contributed by atoms with Crippen LogP contribution in [0, 0.1) is 0 Å². The lowest BCUT2D eigenvalue weighted by atomic mass is 10.0. The summed E-state index contributed by atoms with van der Waals surface area (Å²) >= 11 is 12.1. The van der Waals surface area contributed by atoms with Crippen LogP contribution in [0.5, 0.6) is 0 Å². The van der Waals surface area contributed by atoms with Crippen LogP contribution < -0.4 is 0 Å². The molecule has 0 aliphatic carbocycles. The third-order valence-corrected chi connectivity index (χ3v) is 6.37. The quantitative estimate of drug-likeness (QED) is 0.373. The van der Waals surface area contributed by atoms with Crippen LogP contribution in [0.4, 0.5) is 0 Å². The van der Waals surface area contributed by atoms with E-state index in [-0.39, 0.29) is 0 Å². The summed E-state index contributed by atoms with van der Waals surface area (Å²) in [4.78, 5) is 3.28. The summed E-state index contributed by atoms with van der Waals surface area (Å²) in [6.07, 6.45) is 1.01. The van der Waals surface area contributed by atoms with Gasteiger partial charge in [0.25, 0.3) is 0 Å². The first kappa shape index (κ1) is 18.4. The van der Waals surface area contributed by atoms with Gasteiger partial charge in [0, 0.05) is 35.6 Å². The first-order chi connectivity index (χ1) is 14.2. The fourth-order valence-electron chi connectivity index (χ4n) is 4.26. The van der Waals surface area contributed by atoms with Gasteiger partial charge in [-0.15, -0.1) is 0 Å². The molecule has 0 radical (unpaired) electrons. The van der Waals surface area contributed by atoms with Crippen LogP contribution in [0.2, 0.25) is 5.02 Å². The zero-order valence-electron chi connectivity index (χ0n) is 16.0. The molecule has 2 nitrogen and oxygen atoms in total. The standard InChI is InChI=1S/C25H21ClN2S/c26-20-12-10-19(11-13-20)17-28-23-9-5-4-8-21(23)22-14-15-27(25(29)24(22)28)16-18-6-2-1-3-7-18/h1-13H,14-17H2. The Morgan fingerprint density at radius 3 is 2.28 bits per heavy atom. The highest BCUT2D eigenvalue weighted by Gasteiger charge is 2.28. The maximum Gasteiger partial charge on any atom is 0.126 e. The van der Waals surface area contributed by atoms with Crippen molar-refractivity contribution in [3.63, 3.8) is 0 Å². The van der Waals surface area contributed by atoms with E-state index in [0.29, 0.717) is 0 Å². The molecule has 0 bridgehead atoms. The zero-order valence-corrected chi connectivity index (χ0v) is 17.6. The maximum atomic E-state index is 6.09. The summed E-state index contributed by atoms with van der Waals surface area (Å²) in [6.45, 7) is 2.59. The van der Waals surface area contributed by atoms with Gasteiger partial charge in [0.1, 0.15) is 4.99 Å². The molecule has 0 fully saturated rings. The second-order valence-corrected chi connectivity index (χ2v) is 8.34. The molecular formula is C25H21ClN2S. The number of rotatable bonds is 4. The second kappa shape index (κ2) is 7.66. The van der Waals surface area contributed by atoms with Crippen LogP contribution in [0.1, 0.15) is 22.4 Å². The van der Waals surface area contributed by atoms with Gasteiger partial charge in [-0.25, -0.2) is 0 Å². The van der Waals surface area contributed by atoms with E-state index >= 15 is 0 Å². The monoisotopic (exact) mass is 416 g/mol. The predicted molar refractivity (Wildman–Crippen MR) is 125 cm³/mol. The fourth-order valence-corrected chi connectivity index (χ4v) is 4.78. The molecular weight excluding hydrogens is 396 g/mol. The van der Waals surface area contributed by atoms with Crippen LogP contribution in [-0.2, 0) is 19.5 Å². The molecule has 144 valence electrons. The molecule has 0 saturated carbocycles. The number of hydrogen-bond donors (Lipinski definition) is 0. The molecule has 2 heterocycles. The van der Waals surface area contributed by atoms with Crippen molar-refractivity contribution in [3.8, 4) is 0 Å². The summed E-state index contributed by atoms with van der Waals surface area (Å²) in [7, 11) is 0. The van der Waals surface area contributed by atoms with E-state index in [1.807, 2.05) is 12.1 Å². The van der Waals surface area contributed by atoms with E-state index in [9.17, 15) is 0 Å². The summed E-state index contributed by atoms with van der Waals surface area (Å²) in [5.41, 5.74) is 6.33. The molecule has 4 heteroatoms. The minimum Gasteiger partial charge on any atom is -0.356 e. The average molecular weight is 417 g/mol. The van der Waals surface area contributed by atoms with E-state index in [4.69, 9.17) is 23.8 Å². The topological polar surface area (TPSA) is 8.17 Å². The first-order valence-corrected chi connectivity index (χ1v) is 10.7. The third kappa shape index (κ3) is 3.45. The van der Waals surface area contributed by atoms with E-state index in [1.165, 1.54) is 33.3 Å². The highest BCUT2D eigenvalue weighted by molar-refractivity contribution is 7.80. The molecule has 0 spiro atoms. The van der Waals surface area contributed by atoms with Crippen molar-refractivity contribution in [2.24, 2.45) is 0 Å². The first-order valence-electron chi connectivity index (χ1n) is 9.88. The zero-order chi connectivity index (χ0) is 19.8. The number of thiocarbonyl (C=S) groups is 1. The van der Waals surface area contributed by atoms with Gasteiger partial charge in [-0.05, 0) is 41.3 Å². The van der Waals surface area contributed by atoms with E-state index in [1.54, 1.807) is 0 Å². The predicted octanol–water partition coefficient (Wildman–Crippen LogP) is 6.08. The highest BCUT2D eigenvalue weighted by atomic mass is 35.5. The lowest BCUT2D eigenvalue weighted by Crippen LogP contribution is -2.37. The van der Waals surface area contributed by atoms with Crippen LogP contribution in [0.25, 0.3) is 10.9 Å².